The molecule has 2 heterocycles. The van der Waals surface area contributed by atoms with Crippen LogP contribution in [0.1, 0.15) is 33.2 Å². The van der Waals surface area contributed by atoms with Crippen LogP contribution in [0.5, 0.6) is 0 Å². The SMILES string of the molecule is C[C@@H](C(=O)c1cccs1)[C@@H](C)C(=O)c1cccs1. The van der Waals surface area contributed by atoms with Crippen LogP contribution in [0.25, 0.3) is 0 Å². The summed E-state index contributed by atoms with van der Waals surface area (Å²) in [6.45, 7) is 3.66. The number of thiophene rings is 2. The molecule has 0 fully saturated rings. The number of hydrogen-bond donors (Lipinski definition) is 0. The lowest BCUT2D eigenvalue weighted by Gasteiger charge is -2.16. The first-order valence-corrected chi connectivity index (χ1v) is 7.52. The molecule has 0 spiro atoms. The summed E-state index contributed by atoms with van der Waals surface area (Å²) >= 11 is 2.86. The van der Waals surface area contributed by atoms with Crippen molar-refractivity contribution in [3.8, 4) is 0 Å². The molecule has 94 valence electrons. The Balaban J connectivity index is 2.12. The Labute approximate surface area is 114 Å². The standard InChI is InChI=1S/C14H14O2S2/c1-9(13(15)11-5-3-7-17-11)10(2)14(16)12-6-4-8-18-12/h3-10H,1-2H3/t9-,10-/m1/s1. The average Bonchev–Trinajstić information content (AvgIpc) is 3.06. The molecule has 0 aliphatic heterocycles. The van der Waals surface area contributed by atoms with Crippen molar-refractivity contribution in [2.75, 3.05) is 0 Å². The molecular weight excluding hydrogens is 264 g/mol. The lowest BCUT2D eigenvalue weighted by atomic mass is 9.87. The number of carbonyl (C=O) groups excluding carboxylic acids is 2. The highest BCUT2D eigenvalue weighted by atomic mass is 32.1. The van der Waals surface area contributed by atoms with E-state index in [2.05, 4.69) is 0 Å². The van der Waals surface area contributed by atoms with E-state index in [1.165, 1.54) is 22.7 Å². The lowest BCUT2D eigenvalue weighted by molar-refractivity contribution is 0.0798. The molecule has 4 heteroatoms. The molecule has 0 unspecified atom stereocenters. The highest BCUT2D eigenvalue weighted by molar-refractivity contribution is 7.12. The Hall–Kier alpha value is -1.26. The van der Waals surface area contributed by atoms with E-state index in [9.17, 15) is 9.59 Å². The summed E-state index contributed by atoms with van der Waals surface area (Å²) < 4.78 is 0. The minimum atomic E-state index is -0.279. The highest BCUT2D eigenvalue weighted by Gasteiger charge is 2.28. The summed E-state index contributed by atoms with van der Waals surface area (Å²) in [6.07, 6.45) is 0. The number of Topliss-reactive ketones (excluding diaryl/α,β-unsaturated/α-hetero) is 2. The zero-order valence-corrected chi connectivity index (χ0v) is 11.9. The number of hydrogen-bond acceptors (Lipinski definition) is 4. The Morgan fingerprint density at radius 2 is 1.28 bits per heavy atom. The van der Waals surface area contributed by atoms with E-state index >= 15 is 0 Å². The predicted octanol–water partition coefficient (Wildman–Crippen LogP) is 4.15. The lowest BCUT2D eigenvalue weighted by Crippen LogP contribution is -2.24. The quantitative estimate of drug-likeness (QED) is 0.770. The van der Waals surface area contributed by atoms with E-state index in [0.717, 1.165) is 9.75 Å². The van der Waals surface area contributed by atoms with Gasteiger partial charge in [-0.25, -0.2) is 0 Å². The molecule has 0 aromatic carbocycles. The van der Waals surface area contributed by atoms with E-state index in [1.807, 2.05) is 48.9 Å². The molecular formula is C14H14O2S2. The first kappa shape index (κ1) is 13.2. The summed E-state index contributed by atoms with van der Waals surface area (Å²) in [5.41, 5.74) is 0. The molecule has 2 aromatic rings. The Morgan fingerprint density at radius 3 is 1.56 bits per heavy atom. The second-order valence-corrected chi connectivity index (χ2v) is 6.16. The van der Waals surface area contributed by atoms with Crippen molar-refractivity contribution < 1.29 is 9.59 Å². The van der Waals surface area contributed by atoms with Crippen molar-refractivity contribution in [3.05, 3.63) is 44.8 Å². The zero-order chi connectivity index (χ0) is 13.1. The molecule has 18 heavy (non-hydrogen) atoms. The molecule has 2 nitrogen and oxygen atoms in total. The van der Waals surface area contributed by atoms with Gasteiger partial charge in [-0.15, -0.1) is 22.7 Å². The molecule has 0 aliphatic carbocycles. The largest absolute Gasteiger partial charge is 0.293 e. The van der Waals surface area contributed by atoms with E-state index in [-0.39, 0.29) is 23.4 Å². The Bertz CT molecular complexity index is 476. The van der Waals surface area contributed by atoms with Gasteiger partial charge in [0.05, 0.1) is 9.75 Å². The van der Waals surface area contributed by atoms with Crippen LogP contribution in [-0.4, -0.2) is 11.6 Å². The zero-order valence-electron chi connectivity index (χ0n) is 10.3. The second kappa shape index (κ2) is 5.59. The maximum Gasteiger partial charge on any atom is 0.176 e. The van der Waals surface area contributed by atoms with Crippen molar-refractivity contribution in [1.82, 2.24) is 0 Å². The van der Waals surface area contributed by atoms with Crippen molar-refractivity contribution in [2.45, 2.75) is 13.8 Å². The summed E-state index contributed by atoms with van der Waals surface area (Å²) in [5, 5.41) is 3.76. The molecule has 0 N–H and O–H groups in total. The number of ketones is 2. The van der Waals surface area contributed by atoms with E-state index in [1.54, 1.807) is 0 Å². The van der Waals surface area contributed by atoms with Gasteiger partial charge in [0.1, 0.15) is 0 Å². The first-order chi connectivity index (χ1) is 8.61. The van der Waals surface area contributed by atoms with Gasteiger partial charge in [0.2, 0.25) is 0 Å². The van der Waals surface area contributed by atoms with Crippen molar-refractivity contribution in [3.63, 3.8) is 0 Å². The van der Waals surface area contributed by atoms with E-state index in [4.69, 9.17) is 0 Å². The van der Waals surface area contributed by atoms with Crippen LogP contribution in [0.4, 0.5) is 0 Å². The summed E-state index contributed by atoms with van der Waals surface area (Å²) in [4.78, 5) is 25.8. The summed E-state index contributed by atoms with van der Waals surface area (Å²) in [7, 11) is 0. The van der Waals surface area contributed by atoms with Gasteiger partial charge in [-0.05, 0) is 22.9 Å². The van der Waals surface area contributed by atoms with Gasteiger partial charge in [-0.2, -0.15) is 0 Å². The fourth-order valence-corrected chi connectivity index (χ4v) is 3.27. The smallest absolute Gasteiger partial charge is 0.176 e. The van der Waals surface area contributed by atoms with Crippen LogP contribution < -0.4 is 0 Å². The molecule has 0 saturated heterocycles. The third-order valence-electron chi connectivity index (χ3n) is 3.11. The second-order valence-electron chi connectivity index (χ2n) is 4.26. The third-order valence-corrected chi connectivity index (χ3v) is 4.87. The maximum atomic E-state index is 12.2. The van der Waals surface area contributed by atoms with Gasteiger partial charge in [-0.1, -0.05) is 26.0 Å². The average molecular weight is 278 g/mol. The molecule has 0 amide bonds. The summed E-state index contributed by atoms with van der Waals surface area (Å²) in [5.74, 6) is -0.443. The molecule has 2 rings (SSSR count). The van der Waals surface area contributed by atoms with Gasteiger partial charge in [0, 0.05) is 11.8 Å². The minimum absolute atomic E-state index is 0.0578. The number of rotatable bonds is 5. The van der Waals surface area contributed by atoms with Gasteiger partial charge < -0.3 is 0 Å². The molecule has 0 aliphatic rings. The van der Waals surface area contributed by atoms with Crippen molar-refractivity contribution in [2.24, 2.45) is 11.8 Å². The fraction of sp³-hybridized carbons (Fsp3) is 0.286. The molecule has 2 atom stereocenters. The summed E-state index contributed by atoms with van der Waals surface area (Å²) in [6, 6.07) is 7.34. The first-order valence-electron chi connectivity index (χ1n) is 5.76. The van der Waals surface area contributed by atoms with Gasteiger partial charge in [0.25, 0.3) is 0 Å². The van der Waals surface area contributed by atoms with E-state index in [0.29, 0.717) is 0 Å². The van der Waals surface area contributed by atoms with Crippen LogP contribution in [-0.2, 0) is 0 Å². The van der Waals surface area contributed by atoms with Crippen molar-refractivity contribution >= 4 is 34.2 Å². The van der Waals surface area contributed by atoms with Gasteiger partial charge in [-0.3, -0.25) is 9.59 Å². The molecule has 2 aromatic heterocycles. The minimum Gasteiger partial charge on any atom is -0.293 e. The molecule has 0 saturated carbocycles. The molecule has 0 radical (unpaired) electrons. The van der Waals surface area contributed by atoms with Crippen LogP contribution in [0.3, 0.4) is 0 Å². The van der Waals surface area contributed by atoms with E-state index < -0.39 is 0 Å². The molecule has 0 bridgehead atoms. The maximum absolute atomic E-state index is 12.2. The third kappa shape index (κ3) is 2.60. The fourth-order valence-electron chi connectivity index (χ4n) is 1.74. The van der Waals surface area contributed by atoms with Crippen LogP contribution in [0.15, 0.2) is 35.0 Å². The van der Waals surface area contributed by atoms with Crippen LogP contribution in [0.2, 0.25) is 0 Å². The number of carbonyl (C=O) groups is 2. The topological polar surface area (TPSA) is 34.1 Å². The Kier molecular flexibility index (Phi) is 4.09. The van der Waals surface area contributed by atoms with Gasteiger partial charge in [0.15, 0.2) is 11.6 Å². The van der Waals surface area contributed by atoms with Crippen molar-refractivity contribution in [1.29, 1.82) is 0 Å². The Morgan fingerprint density at radius 1 is 0.889 bits per heavy atom. The van der Waals surface area contributed by atoms with Crippen LogP contribution >= 0.6 is 22.7 Å². The highest BCUT2D eigenvalue weighted by Crippen LogP contribution is 2.24. The van der Waals surface area contributed by atoms with Crippen LogP contribution in [0, 0.1) is 11.8 Å². The normalized spacial score (nSPS) is 14.1. The predicted molar refractivity (Wildman–Crippen MR) is 75.6 cm³/mol. The van der Waals surface area contributed by atoms with Gasteiger partial charge >= 0.3 is 0 Å². The monoisotopic (exact) mass is 278 g/mol.